The number of H-pyrrole nitrogens is 1. The zero-order valence-electron chi connectivity index (χ0n) is 16.5. The number of benzene rings is 1. The minimum absolute atomic E-state index is 0.0972. The average Bonchev–Trinajstić information content (AvgIpc) is 3.23. The highest BCUT2D eigenvalue weighted by atomic mass is 16.5. The number of carbonyl (C=O) groups excluding carboxylic acids is 2. The van der Waals surface area contributed by atoms with Gasteiger partial charge in [-0.25, -0.2) is 4.68 Å². The van der Waals surface area contributed by atoms with Gasteiger partial charge in [-0.2, -0.15) is 15.5 Å². The largest absolute Gasteiger partial charge is 0.490 e. The van der Waals surface area contributed by atoms with Crippen LogP contribution in [0.3, 0.4) is 0 Å². The van der Waals surface area contributed by atoms with E-state index in [0.717, 1.165) is 5.69 Å². The minimum Gasteiger partial charge on any atom is -0.490 e. The summed E-state index contributed by atoms with van der Waals surface area (Å²) in [4.78, 5) is 24.6. The molecule has 1 aromatic carbocycles. The molecule has 29 heavy (non-hydrogen) atoms. The average molecular weight is 395 g/mol. The van der Waals surface area contributed by atoms with E-state index in [1.807, 2.05) is 26.8 Å². The number of nitrogens with zero attached hydrogens (tertiary/aromatic N) is 4. The molecule has 0 aliphatic rings. The lowest BCUT2D eigenvalue weighted by Crippen LogP contribution is -2.29. The molecule has 2 heterocycles. The van der Waals surface area contributed by atoms with Crippen molar-refractivity contribution >= 4 is 34.4 Å². The zero-order chi connectivity index (χ0) is 21.1. The number of ether oxygens (including phenoxy) is 1. The van der Waals surface area contributed by atoms with Crippen molar-refractivity contribution in [3.63, 3.8) is 0 Å². The Balaban J connectivity index is 1.75. The maximum Gasteiger partial charge on any atom is 0.315 e. The Morgan fingerprint density at radius 1 is 1.31 bits per heavy atom. The fourth-order valence-corrected chi connectivity index (χ4v) is 2.87. The number of aromatic nitrogens is 4. The second kappa shape index (κ2) is 8.02. The van der Waals surface area contributed by atoms with E-state index in [9.17, 15) is 14.9 Å². The van der Waals surface area contributed by atoms with Crippen LogP contribution in [0.5, 0.6) is 5.75 Å². The van der Waals surface area contributed by atoms with Crippen LogP contribution < -0.4 is 15.4 Å². The molecule has 0 radical (unpaired) electrons. The van der Waals surface area contributed by atoms with Crippen LogP contribution in [-0.4, -0.2) is 37.9 Å². The third-order valence-corrected chi connectivity index (χ3v) is 4.11. The van der Waals surface area contributed by atoms with Crippen LogP contribution in [0.1, 0.15) is 32.0 Å². The number of carbonyl (C=O) groups is 2. The molecule has 3 N–H and O–H groups in total. The van der Waals surface area contributed by atoms with Crippen LogP contribution in [-0.2, 0) is 23.1 Å². The van der Waals surface area contributed by atoms with Crippen molar-refractivity contribution in [3.8, 4) is 11.8 Å². The summed E-state index contributed by atoms with van der Waals surface area (Å²) in [5.41, 5.74) is 1.90. The van der Waals surface area contributed by atoms with Crippen LogP contribution in [0.15, 0.2) is 18.2 Å². The highest BCUT2D eigenvalue weighted by molar-refractivity contribution is 6.44. The number of amides is 2. The molecule has 0 aliphatic heterocycles. The number of rotatable bonds is 5. The second-order valence-corrected chi connectivity index (χ2v) is 6.62. The number of hydrogen-bond donors (Lipinski definition) is 3. The molecule has 2 aromatic heterocycles. The number of nitriles is 1. The molecular weight excluding hydrogens is 374 g/mol. The van der Waals surface area contributed by atoms with Crippen molar-refractivity contribution in [2.24, 2.45) is 7.05 Å². The Morgan fingerprint density at radius 3 is 2.69 bits per heavy atom. The van der Waals surface area contributed by atoms with Gasteiger partial charge in [-0.3, -0.25) is 14.7 Å². The maximum absolute atomic E-state index is 12.3. The first-order chi connectivity index (χ1) is 13.8. The summed E-state index contributed by atoms with van der Waals surface area (Å²) in [7, 11) is 1.75. The van der Waals surface area contributed by atoms with E-state index in [4.69, 9.17) is 4.74 Å². The van der Waals surface area contributed by atoms with Gasteiger partial charge >= 0.3 is 11.8 Å². The van der Waals surface area contributed by atoms with E-state index < -0.39 is 11.8 Å². The molecule has 0 unspecified atom stereocenters. The van der Waals surface area contributed by atoms with Gasteiger partial charge in [-0.05, 0) is 38.5 Å². The summed E-state index contributed by atoms with van der Waals surface area (Å²) >= 11 is 0. The molecule has 0 bridgehead atoms. The number of aromatic amines is 1. The van der Waals surface area contributed by atoms with E-state index in [1.54, 1.807) is 23.9 Å². The second-order valence-electron chi connectivity index (χ2n) is 6.62. The lowest BCUT2D eigenvalue weighted by Gasteiger charge is -2.12. The van der Waals surface area contributed by atoms with Crippen molar-refractivity contribution in [1.29, 1.82) is 5.26 Å². The molecule has 0 spiro atoms. The van der Waals surface area contributed by atoms with Gasteiger partial charge in [0.05, 0.1) is 22.7 Å². The predicted molar refractivity (Wildman–Crippen MR) is 106 cm³/mol. The molecular formula is C19H21N7O3. The number of nitrogens with one attached hydrogen (secondary N) is 3. The SMILES string of the molecule is CCc1nn(C)c2n[nH]c(NC(=O)C(=O)Nc3ccc(OC(C)C)c(C#N)c3)c12. The first-order valence-corrected chi connectivity index (χ1v) is 9.07. The van der Waals surface area contributed by atoms with Crippen LogP contribution in [0, 0.1) is 11.3 Å². The fraction of sp³-hybridized carbons (Fsp3) is 0.316. The number of hydrogen-bond acceptors (Lipinski definition) is 6. The molecule has 10 heteroatoms. The van der Waals surface area contributed by atoms with E-state index >= 15 is 0 Å². The number of aryl methyl sites for hydroxylation is 2. The number of anilines is 2. The van der Waals surface area contributed by atoms with Gasteiger partial charge in [0.25, 0.3) is 0 Å². The van der Waals surface area contributed by atoms with Crippen molar-refractivity contribution < 1.29 is 14.3 Å². The zero-order valence-corrected chi connectivity index (χ0v) is 16.5. The van der Waals surface area contributed by atoms with Crippen molar-refractivity contribution in [2.45, 2.75) is 33.3 Å². The van der Waals surface area contributed by atoms with Crippen molar-refractivity contribution in [3.05, 3.63) is 29.5 Å². The molecule has 2 amide bonds. The molecule has 0 atom stereocenters. The molecule has 3 rings (SSSR count). The highest BCUT2D eigenvalue weighted by Gasteiger charge is 2.21. The van der Waals surface area contributed by atoms with E-state index in [2.05, 4.69) is 25.9 Å². The smallest absolute Gasteiger partial charge is 0.315 e. The van der Waals surface area contributed by atoms with E-state index in [1.165, 1.54) is 6.07 Å². The Labute approximate surface area is 166 Å². The predicted octanol–water partition coefficient (Wildman–Crippen LogP) is 2.09. The summed E-state index contributed by atoms with van der Waals surface area (Å²) < 4.78 is 7.15. The summed E-state index contributed by atoms with van der Waals surface area (Å²) in [6.45, 7) is 5.63. The third-order valence-electron chi connectivity index (χ3n) is 4.11. The van der Waals surface area contributed by atoms with Gasteiger partial charge in [0.15, 0.2) is 5.65 Å². The monoisotopic (exact) mass is 395 g/mol. The Bertz CT molecular complexity index is 1120. The lowest BCUT2D eigenvalue weighted by atomic mass is 10.2. The topological polar surface area (TPSA) is 138 Å². The lowest BCUT2D eigenvalue weighted by molar-refractivity contribution is -0.133. The molecule has 150 valence electrons. The van der Waals surface area contributed by atoms with Gasteiger partial charge in [-0.1, -0.05) is 6.92 Å². The third kappa shape index (κ3) is 4.03. The maximum atomic E-state index is 12.3. The summed E-state index contributed by atoms with van der Waals surface area (Å²) in [5, 5.41) is 26.1. The summed E-state index contributed by atoms with van der Waals surface area (Å²) in [6.07, 6.45) is 0.549. The summed E-state index contributed by atoms with van der Waals surface area (Å²) in [6, 6.07) is 6.61. The summed E-state index contributed by atoms with van der Waals surface area (Å²) in [5.74, 6) is -1.03. The molecule has 0 aliphatic carbocycles. The highest BCUT2D eigenvalue weighted by Crippen LogP contribution is 2.25. The van der Waals surface area contributed by atoms with Gasteiger partial charge in [0.2, 0.25) is 0 Å². The standard InChI is InChI=1S/C19H21N7O3/c1-5-13-15-16(23-24-17(15)26(4)25-13)22-19(28)18(27)21-12-6-7-14(29-10(2)3)11(8-12)9-20/h6-8,10H,5H2,1-4H3,(H,21,27)(H2,22,23,24,28). The first kappa shape index (κ1) is 19.9. The Hall–Kier alpha value is -3.87. The molecule has 0 fully saturated rings. The minimum atomic E-state index is -0.879. The van der Waals surface area contributed by atoms with Crippen LogP contribution in [0.2, 0.25) is 0 Å². The van der Waals surface area contributed by atoms with Crippen LogP contribution in [0.25, 0.3) is 11.0 Å². The Kier molecular flexibility index (Phi) is 5.50. The molecule has 0 saturated heterocycles. The number of fused-ring (bicyclic) bond motifs is 1. The van der Waals surface area contributed by atoms with Crippen LogP contribution >= 0.6 is 0 Å². The fourth-order valence-electron chi connectivity index (χ4n) is 2.87. The van der Waals surface area contributed by atoms with Crippen molar-refractivity contribution in [2.75, 3.05) is 10.6 Å². The normalized spacial score (nSPS) is 10.8. The van der Waals surface area contributed by atoms with Gasteiger partial charge in [-0.15, -0.1) is 0 Å². The molecule has 3 aromatic rings. The molecule has 10 nitrogen and oxygen atoms in total. The molecule has 0 saturated carbocycles. The van der Waals surface area contributed by atoms with E-state index in [-0.39, 0.29) is 11.7 Å². The van der Waals surface area contributed by atoms with Crippen LogP contribution in [0.4, 0.5) is 11.5 Å². The van der Waals surface area contributed by atoms with E-state index in [0.29, 0.717) is 34.7 Å². The first-order valence-electron chi connectivity index (χ1n) is 9.07. The Morgan fingerprint density at radius 2 is 2.03 bits per heavy atom. The van der Waals surface area contributed by atoms with Gasteiger partial charge < -0.3 is 15.4 Å². The van der Waals surface area contributed by atoms with Gasteiger partial charge in [0, 0.05) is 12.7 Å². The van der Waals surface area contributed by atoms with Crippen molar-refractivity contribution in [1.82, 2.24) is 20.0 Å². The van der Waals surface area contributed by atoms with Gasteiger partial charge in [0.1, 0.15) is 17.6 Å². The quantitative estimate of drug-likeness (QED) is 0.566.